The van der Waals surface area contributed by atoms with Crippen LogP contribution in [0.4, 0.5) is 0 Å². The van der Waals surface area contributed by atoms with Gasteiger partial charge in [0.25, 0.3) is 0 Å². The van der Waals surface area contributed by atoms with Gasteiger partial charge in [0, 0.05) is 22.6 Å². The van der Waals surface area contributed by atoms with Gasteiger partial charge in [-0.2, -0.15) is 0 Å². The van der Waals surface area contributed by atoms with Gasteiger partial charge in [-0.3, -0.25) is 24.1 Å². The highest BCUT2D eigenvalue weighted by Gasteiger charge is 2.69. The van der Waals surface area contributed by atoms with E-state index in [1.54, 1.807) is 17.8 Å². The van der Waals surface area contributed by atoms with Crippen LogP contribution in [-0.2, 0) is 14.4 Å². The number of thioether (sulfide) groups is 1. The Hall–Kier alpha value is -1.81. The van der Waals surface area contributed by atoms with E-state index in [-0.39, 0.29) is 58.6 Å². The SMILES string of the molecule is O=C(O)CCN1C(=O)C2C3CC(C2C1=O)C1C3Sc2[nH]c(=O)sc2[C@@H]1c1cccc(Cl)c1Cl. The number of thiazole rings is 1. The molecule has 2 saturated carbocycles. The summed E-state index contributed by atoms with van der Waals surface area (Å²) in [7, 11) is 0. The Morgan fingerprint density at radius 1 is 1.15 bits per heavy atom. The number of halogens is 2. The van der Waals surface area contributed by atoms with E-state index in [4.69, 9.17) is 28.3 Å². The van der Waals surface area contributed by atoms with Crippen molar-refractivity contribution in [2.75, 3.05) is 6.54 Å². The van der Waals surface area contributed by atoms with Crippen LogP contribution in [0.1, 0.15) is 29.2 Å². The summed E-state index contributed by atoms with van der Waals surface area (Å²) in [5.41, 5.74) is 0.833. The quantitative estimate of drug-likeness (QED) is 0.590. The fourth-order valence-electron chi connectivity index (χ4n) is 6.62. The number of carboxylic acids is 1. The summed E-state index contributed by atoms with van der Waals surface area (Å²) < 4.78 is 0. The van der Waals surface area contributed by atoms with Crippen LogP contribution < -0.4 is 4.87 Å². The number of carbonyl (C=O) groups excluding carboxylic acids is 2. The van der Waals surface area contributed by atoms with Gasteiger partial charge < -0.3 is 10.1 Å². The minimum Gasteiger partial charge on any atom is -0.481 e. The van der Waals surface area contributed by atoms with Gasteiger partial charge in [-0.1, -0.05) is 46.7 Å². The fraction of sp³-hybridized carbons (Fsp3) is 0.455. The number of carboxylic acid groups (broad SMARTS) is 1. The average molecular weight is 525 g/mol. The van der Waals surface area contributed by atoms with Crippen molar-refractivity contribution in [1.82, 2.24) is 9.88 Å². The number of H-pyrrole nitrogens is 1. The zero-order chi connectivity index (χ0) is 23.2. The number of aliphatic carboxylic acids is 1. The average Bonchev–Trinajstić information content (AvgIpc) is 3.48. The third kappa shape index (κ3) is 3.02. The van der Waals surface area contributed by atoms with Gasteiger partial charge in [-0.15, -0.1) is 11.8 Å². The molecule has 6 unspecified atom stereocenters. The third-order valence-electron chi connectivity index (χ3n) is 7.68. The molecule has 3 heterocycles. The molecule has 0 radical (unpaired) electrons. The lowest BCUT2D eigenvalue weighted by atomic mass is 9.68. The molecule has 2 aromatic rings. The van der Waals surface area contributed by atoms with Gasteiger partial charge >= 0.3 is 10.8 Å². The minimum absolute atomic E-state index is 0.0155. The maximum Gasteiger partial charge on any atom is 0.305 e. The molecular weight excluding hydrogens is 507 g/mol. The van der Waals surface area contributed by atoms with E-state index in [9.17, 15) is 19.2 Å². The molecule has 172 valence electrons. The number of nitrogens with zero attached hydrogens (tertiary/aromatic N) is 1. The number of benzene rings is 1. The molecule has 2 aliphatic heterocycles. The van der Waals surface area contributed by atoms with Crippen molar-refractivity contribution >= 4 is 64.1 Å². The molecule has 2 amide bonds. The second-order valence-electron chi connectivity index (χ2n) is 9.08. The van der Waals surface area contributed by atoms with Gasteiger partial charge in [-0.05, 0) is 35.8 Å². The Kier molecular flexibility index (Phi) is 5.00. The van der Waals surface area contributed by atoms with Crippen LogP contribution in [0, 0.1) is 29.6 Å². The molecule has 33 heavy (non-hydrogen) atoms. The van der Waals surface area contributed by atoms with E-state index < -0.39 is 17.8 Å². The predicted molar refractivity (Wildman–Crippen MR) is 124 cm³/mol. The maximum atomic E-state index is 13.3. The van der Waals surface area contributed by atoms with Crippen molar-refractivity contribution in [1.29, 1.82) is 0 Å². The van der Waals surface area contributed by atoms with Crippen LogP contribution in [0.25, 0.3) is 0 Å². The molecule has 1 aromatic carbocycles. The number of rotatable bonds is 4. The van der Waals surface area contributed by atoms with Gasteiger partial charge in [-0.25, -0.2) is 0 Å². The molecule has 2 N–H and O–H groups in total. The third-order valence-corrected chi connectivity index (χ3v) is 11.1. The standard InChI is InChI=1S/C22H18Cl2N2O5S2/c23-10-3-1-2-7(16(10)24)12-13-8-6-9(17(13)32-19-18(12)33-22(31)25-19)15-14(8)20(29)26(21(15)30)5-4-11(27)28/h1-3,8-9,12-15,17H,4-6H2,(H,25,31)(H,27,28)/t8?,9?,12-,13?,14?,15?,17?/m1/s1. The number of aromatic amines is 1. The number of imide groups is 1. The molecule has 1 saturated heterocycles. The van der Waals surface area contributed by atoms with E-state index in [1.807, 2.05) is 12.1 Å². The van der Waals surface area contributed by atoms with E-state index in [2.05, 4.69) is 4.98 Å². The summed E-state index contributed by atoms with van der Waals surface area (Å²) >= 11 is 15.7. The Labute approximate surface area is 206 Å². The summed E-state index contributed by atoms with van der Waals surface area (Å²) in [5.74, 6) is -2.66. The molecule has 0 spiro atoms. The predicted octanol–water partition coefficient (Wildman–Crippen LogP) is 3.69. The van der Waals surface area contributed by atoms with E-state index in [0.29, 0.717) is 10.0 Å². The normalized spacial score (nSPS) is 33.9. The van der Waals surface area contributed by atoms with Crippen molar-refractivity contribution < 1.29 is 19.5 Å². The Bertz CT molecular complexity index is 1280. The van der Waals surface area contributed by atoms with Crippen LogP contribution in [-0.4, -0.2) is 44.6 Å². The number of nitrogens with one attached hydrogen (secondary N) is 1. The van der Waals surface area contributed by atoms with Crippen LogP contribution in [0.2, 0.25) is 10.0 Å². The van der Waals surface area contributed by atoms with Crippen molar-refractivity contribution in [2.45, 2.75) is 29.0 Å². The summed E-state index contributed by atoms with van der Waals surface area (Å²) in [6.07, 6.45) is 0.503. The molecule has 7 atom stereocenters. The monoisotopic (exact) mass is 524 g/mol. The topological polar surface area (TPSA) is 108 Å². The summed E-state index contributed by atoms with van der Waals surface area (Å²) in [6, 6.07) is 5.48. The van der Waals surface area contributed by atoms with Crippen molar-refractivity contribution in [2.24, 2.45) is 29.6 Å². The molecule has 7 nitrogen and oxygen atoms in total. The number of aromatic nitrogens is 1. The van der Waals surface area contributed by atoms with Gasteiger partial charge in [0.2, 0.25) is 11.8 Å². The van der Waals surface area contributed by atoms with Gasteiger partial charge in [0.15, 0.2) is 0 Å². The molecule has 3 fully saturated rings. The van der Waals surface area contributed by atoms with E-state index in [1.165, 1.54) is 0 Å². The lowest BCUT2D eigenvalue weighted by Crippen LogP contribution is -2.42. The van der Waals surface area contributed by atoms with Crippen LogP contribution >= 0.6 is 46.3 Å². The van der Waals surface area contributed by atoms with Crippen LogP contribution in [0.3, 0.4) is 0 Å². The second kappa shape index (κ2) is 7.60. The number of fused-ring (bicyclic) bond motifs is 9. The second-order valence-corrected chi connectivity index (χ2v) is 12.1. The zero-order valence-electron chi connectivity index (χ0n) is 17.0. The Morgan fingerprint density at radius 3 is 2.61 bits per heavy atom. The number of amides is 2. The molecule has 1 aromatic heterocycles. The van der Waals surface area contributed by atoms with Crippen molar-refractivity contribution in [3.8, 4) is 0 Å². The fourth-order valence-corrected chi connectivity index (χ4v) is 9.92. The van der Waals surface area contributed by atoms with E-state index in [0.717, 1.165) is 38.1 Å². The number of hydrogen-bond acceptors (Lipinski definition) is 6. The van der Waals surface area contributed by atoms with Crippen LogP contribution in [0.15, 0.2) is 28.0 Å². The number of likely N-dealkylation sites (tertiary alicyclic amines) is 1. The summed E-state index contributed by atoms with van der Waals surface area (Å²) in [5, 5.41) is 10.8. The first-order valence-electron chi connectivity index (χ1n) is 10.7. The molecule has 4 aliphatic rings. The first-order valence-corrected chi connectivity index (χ1v) is 13.1. The Morgan fingerprint density at radius 2 is 1.88 bits per heavy atom. The van der Waals surface area contributed by atoms with Crippen molar-refractivity contribution in [3.05, 3.63) is 48.4 Å². The Balaban J connectivity index is 1.44. The van der Waals surface area contributed by atoms with Crippen molar-refractivity contribution in [3.63, 3.8) is 0 Å². The van der Waals surface area contributed by atoms with E-state index >= 15 is 0 Å². The molecule has 11 heteroatoms. The van der Waals surface area contributed by atoms with Gasteiger partial charge in [0.1, 0.15) is 0 Å². The lowest BCUT2D eigenvalue weighted by Gasteiger charge is -2.43. The van der Waals surface area contributed by atoms with Gasteiger partial charge in [0.05, 0.1) is 33.3 Å². The lowest BCUT2D eigenvalue weighted by molar-refractivity contribution is -0.142. The molecule has 2 bridgehead atoms. The highest BCUT2D eigenvalue weighted by molar-refractivity contribution is 8.00. The molecular formula is C22H18Cl2N2O5S2. The molecule has 6 rings (SSSR count). The first-order chi connectivity index (χ1) is 15.8. The first kappa shape index (κ1) is 21.7. The highest BCUT2D eigenvalue weighted by Crippen LogP contribution is 2.68. The minimum atomic E-state index is -1.04. The smallest absolute Gasteiger partial charge is 0.305 e. The highest BCUT2D eigenvalue weighted by atomic mass is 35.5. The zero-order valence-corrected chi connectivity index (χ0v) is 20.1. The largest absolute Gasteiger partial charge is 0.481 e. The number of hydrogen-bond donors (Lipinski definition) is 2. The maximum absolute atomic E-state index is 13.3. The summed E-state index contributed by atoms with van der Waals surface area (Å²) in [4.78, 5) is 54.7. The van der Waals surface area contributed by atoms with Crippen LogP contribution in [0.5, 0.6) is 0 Å². The number of carbonyl (C=O) groups is 3. The summed E-state index contributed by atoms with van der Waals surface area (Å²) in [6.45, 7) is -0.0911. The molecule has 2 aliphatic carbocycles.